The minimum atomic E-state index is -0.503. The van der Waals surface area contributed by atoms with E-state index < -0.39 is 5.82 Å². The molecule has 0 saturated heterocycles. The average molecular weight is 304 g/mol. The lowest BCUT2D eigenvalue weighted by Gasteiger charge is -2.12. The van der Waals surface area contributed by atoms with Gasteiger partial charge in [0.2, 0.25) is 5.91 Å². The monoisotopic (exact) mass is 303 g/mol. The van der Waals surface area contributed by atoms with Gasteiger partial charge in [0.25, 0.3) is 0 Å². The van der Waals surface area contributed by atoms with Crippen molar-refractivity contribution in [1.82, 2.24) is 10.9 Å². The van der Waals surface area contributed by atoms with Crippen LogP contribution in [-0.2, 0) is 4.79 Å². The van der Waals surface area contributed by atoms with Crippen LogP contribution >= 0.6 is 23.8 Å². The van der Waals surface area contributed by atoms with Crippen molar-refractivity contribution in [3.8, 4) is 0 Å². The minimum Gasteiger partial charge on any atom is -0.331 e. The van der Waals surface area contributed by atoms with E-state index in [0.717, 1.165) is 0 Å². The number of amides is 1. The van der Waals surface area contributed by atoms with Gasteiger partial charge < -0.3 is 5.32 Å². The van der Waals surface area contributed by atoms with Crippen LogP contribution in [0.4, 0.5) is 10.1 Å². The summed E-state index contributed by atoms with van der Waals surface area (Å²) in [7, 11) is 0. The molecule has 1 aromatic rings. The maximum Gasteiger partial charge on any atom is 0.238 e. The molecular formula is C12H15ClFN3OS. The fraction of sp³-hybridized carbons (Fsp3) is 0.333. The second kappa shape index (κ2) is 7.25. The Bertz CT molecular complexity index is 482. The molecule has 0 radical (unpaired) electrons. The highest BCUT2D eigenvalue weighted by Crippen LogP contribution is 2.19. The molecule has 1 amide bonds. The molecule has 104 valence electrons. The standard InChI is InChI=1S/C12H15ClFN3OS/c1-7(2)5-11(18)16-17-12(19)15-8-3-4-10(14)9(13)6-8/h3-4,6-7H,5H2,1-2H3,(H,16,18)(H2,15,17,19). The predicted molar refractivity (Wildman–Crippen MR) is 78.4 cm³/mol. The molecule has 0 spiro atoms. The van der Waals surface area contributed by atoms with E-state index in [2.05, 4.69) is 16.2 Å². The minimum absolute atomic E-state index is 0.00311. The molecular weight excluding hydrogens is 289 g/mol. The molecule has 0 bridgehead atoms. The first-order valence-electron chi connectivity index (χ1n) is 5.69. The van der Waals surface area contributed by atoms with E-state index >= 15 is 0 Å². The SMILES string of the molecule is CC(C)CC(=O)NNC(=S)Nc1ccc(F)c(Cl)c1. The third-order valence-corrected chi connectivity index (χ3v) is 2.58. The van der Waals surface area contributed by atoms with Gasteiger partial charge in [0, 0.05) is 12.1 Å². The molecule has 0 unspecified atom stereocenters. The van der Waals surface area contributed by atoms with Crippen molar-refractivity contribution in [3.63, 3.8) is 0 Å². The fourth-order valence-electron chi connectivity index (χ4n) is 1.28. The molecule has 0 atom stereocenters. The maximum absolute atomic E-state index is 12.9. The summed E-state index contributed by atoms with van der Waals surface area (Å²) in [6, 6.07) is 4.12. The summed E-state index contributed by atoms with van der Waals surface area (Å²) in [4.78, 5) is 11.4. The Hall–Kier alpha value is -1.40. The van der Waals surface area contributed by atoms with Gasteiger partial charge in [0.1, 0.15) is 5.82 Å². The van der Waals surface area contributed by atoms with Gasteiger partial charge in [-0.1, -0.05) is 25.4 Å². The van der Waals surface area contributed by atoms with E-state index in [9.17, 15) is 9.18 Å². The highest BCUT2D eigenvalue weighted by Gasteiger charge is 2.06. The summed E-state index contributed by atoms with van der Waals surface area (Å²) in [5.74, 6) is -0.396. The van der Waals surface area contributed by atoms with Gasteiger partial charge >= 0.3 is 0 Å². The van der Waals surface area contributed by atoms with E-state index in [1.165, 1.54) is 18.2 Å². The quantitative estimate of drug-likeness (QED) is 0.594. The third-order valence-electron chi connectivity index (χ3n) is 2.09. The number of benzene rings is 1. The van der Waals surface area contributed by atoms with Crippen LogP contribution in [0.5, 0.6) is 0 Å². The summed E-state index contributed by atoms with van der Waals surface area (Å²) >= 11 is 10.6. The topological polar surface area (TPSA) is 53.2 Å². The molecule has 1 aromatic carbocycles. The van der Waals surface area contributed by atoms with Crippen molar-refractivity contribution in [3.05, 3.63) is 29.0 Å². The highest BCUT2D eigenvalue weighted by atomic mass is 35.5. The molecule has 0 aliphatic heterocycles. The Balaban J connectivity index is 2.43. The Morgan fingerprint density at radius 1 is 1.42 bits per heavy atom. The van der Waals surface area contributed by atoms with Gasteiger partial charge in [0.15, 0.2) is 5.11 Å². The Morgan fingerprint density at radius 3 is 2.68 bits per heavy atom. The summed E-state index contributed by atoms with van der Waals surface area (Å²) in [5.41, 5.74) is 5.54. The smallest absolute Gasteiger partial charge is 0.238 e. The Morgan fingerprint density at radius 2 is 2.11 bits per heavy atom. The van der Waals surface area contributed by atoms with Crippen LogP contribution in [0.25, 0.3) is 0 Å². The lowest BCUT2D eigenvalue weighted by atomic mass is 10.1. The van der Waals surface area contributed by atoms with Crippen LogP contribution in [0.3, 0.4) is 0 Å². The Kier molecular flexibility index (Phi) is 5.98. The van der Waals surface area contributed by atoms with Crippen LogP contribution in [-0.4, -0.2) is 11.0 Å². The molecule has 7 heteroatoms. The van der Waals surface area contributed by atoms with Crippen molar-refractivity contribution in [2.24, 2.45) is 5.92 Å². The van der Waals surface area contributed by atoms with Crippen molar-refractivity contribution < 1.29 is 9.18 Å². The average Bonchev–Trinajstić information content (AvgIpc) is 2.30. The number of hydrogen-bond donors (Lipinski definition) is 3. The molecule has 0 aliphatic carbocycles. The number of rotatable bonds is 3. The molecule has 0 aromatic heterocycles. The van der Waals surface area contributed by atoms with Gasteiger partial charge in [-0.05, 0) is 36.3 Å². The van der Waals surface area contributed by atoms with Crippen LogP contribution in [0.15, 0.2) is 18.2 Å². The van der Waals surface area contributed by atoms with Crippen LogP contribution in [0.1, 0.15) is 20.3 Å². The molecule has 0 heterocycles. The van der Waals surface area contributed by atoms with Gasteiger partial charge in [-0.2, -0.15) is 0 Å². The van der Waals surface area contributed by atoms with E-state index in [0.29, 0.717) is 12.1 Å². The number of anilines is 1. The summed E-state index contributed by atoms with van der Waals surface area (Å²) in [5, 5.41) is 2.96. The fourth-order valence-corrected chi connectivity index (χ4v) is 1.63. The zero-order valence-corrected chi connectivity index (χ0v) is 12.2. The predicted octanol–water partition coefficient (Wildman–Crippen LogP) is 2.84. The van der Waals surface area contributed by atoms with Gasteiger partial charge in [0.05, 0.1) is 5.02 Å². The maximum atomic E-state index is 12.9. The van der Waals surface area contributed by atoms with Crippen molar-refractivity contribution in [2.45, 2.75) is 20.3 Å². The zero-order valence-electron chi connectivity index (χ0n) is 10.6. The van der Waals surface area contributed by atoms with E-state index in [-0.39, 0.29) is 22.0 Å². The van der Waals surface area contributed by atoms with Crippen molar-refractivity contribution >= 4 is 40.5 Å². The summed E-state index contributed by atoms with van der Waals surface area (Å²) in [6.07, 6.45) is 0.401. The normalized spacial score (nSPS) is 10.2. The van der Waals surface area contributed by atoms with Gasteiger partial charge in [-0.15, -0.1) is 0 Å². The van der Waals surface area contributed by atoms with Crippen molar-refractivity contribution in [1.29, 1.82) is 0 Å². The molecule has 0 saturated carbocycles. The summed E-state index contributed by atoms with van der Waals surface area (Å²) < 4.78 is 12.9. The third kappa shape index (κ3) is 5.85. The summed E-state index contributed by atoms with van der Waals surface area (Å²) in [6.45, 7) is 3.88. The van der Waals surface area contributed by atoms with Crippen molar-refractivity contribution in [2.75, 3.05) is 5.32 Å². The largest absolute Gasteiger partial charge is 0.331 e. The second-order valence-corrected chi connectivity index (χ2v) is 5.17. The number of carbonyl (C=O) groups is 1. The first-order valence-corrected chi connectivity index (χ1v) is 6.48. The molecule has 0 fully saturated rings. The van der Waals surface area contributed by atoms with Crippen LogP contribution < -0.4 is 16.2 Å². The van der Waals surface area contributed by atoms with E-state index in [1.54, 1.807) is 0 Å². The Labute approximate surface area is 121 Å². The molecule has 0 aliphatic rings. The number of hydrogen-bond acceptors (Lipinski definition) is 2. The molecule has 3 N–H and O–H groups in total. The van der Waals surface area contributed by atoms with Gasteiger partial charge in [-0.25, -0.2) is 4.39 Å². The number of halogens is 2. The highest BCUT2D eigenvalue weighted by molar-refractivity contribution is 7.80. The second-order valence-electron chi connectivity index (χ2n) is 4.35. The first kappa shape index (κ1) is 15.7. The van der Waals surface area contributed by atoms with E-state index in [1.807, 2.05) is 13.8 Å². The van der Waals surface area contributed by atoms with Crippen LogP contribution in [0.2, 0.25) is 5.02 Å². The van der Waals surface area contributed by atoms with Crippen LogP contribution in [0, 0.1) is 11.7 Å². The number of nitrogens with one attached hydrogen (secondary N) is 3. The molecule has 4 nitrogen and oxygen atoms in total. The zero-order chi connectivity index (χ0) is 14.4. The van der Waals surface area contributed by atoms with E-state index in [4.69, 9.17) is 23.8 Å². The van der Waals surface area contributed by atoms with Gasteiger partial charge in [-0.3, -0.25) is 15.6 Å². The lowest BCUT2D eigenvalue weighted by Crippen LogP contribution is -2.44. The number of carbonyl (C=O) groups excluding carboxylic acids is 1. The molecule has 1 rings (SSSR count). The first-order chi connectivity index (χ1) is 8.88. The molecule has 19 heavy (non-hydrogen) atoms. The number of thiocarbonyl (C=S) groups is 1. The lowest BCUT2D eigenvalue weighted by molar-refractivity contribution is -0.122. The number of hydrazine groups is 1.